The molecule has 1 aromatic heterocycles. The fourth-order valence-electron chi connectivity index (χ4n) is 2.40. The van der Waals surface area contributed by atoms with Crippen molar-refractivity contribution in [2.75, 3.05) is 11.9 Å². The third-order valence-corrected chi connectivity index (χ3v) is 4.67. The lowest BCUT2D eigenvalue weighted by atomic mass is 10.0. The quantitative estimate of drug-likeness (QED) is 0.915. The third kappa shape index (κ3) is 2.80. The number of thiazole rings is 1. The molecule has 3 nitrogen and oxygen atoms in total. The Balaban J connectivity index is 1.71. The monoisotopic (exact) mass is 288 g/mol. The molecule has 0 atom stereocenters. The molecule has 2 aromatic rings. The molecule has 3 rings (SSSR count). The van der Waals surface area contributed by atoms with Gasteiger partial charge in [0.05, 0.1) is 16.4 Å². The van der Waals surface area contributed by atoms with Crippen LogP contribution in [-0.4, -0.2) is 11.5 Å². The number of ether oxygens (including phenoxy) is 1. The van der Waals surface area contributed by atoms with Crippen molar-refractivity contribution in [1.29, 1.82) is 0 Å². The molecule has 0 unspecified atom stereocenters. The molecule has 1 aromatic carbocycles. The summed E-state index contributed by atoms with van der Waals surface area (Å²) in [6.07, 6.45) is 2.33. The molecule has 106 valence electrons. The summed E-state index contributed by atoms with van der Waals surface area (Å²) in [7, 11) is 0. The van der Waals surface area contributed by atoms with E-state index in [0.717, 1.165) is 30.1 Å². The first-order valence-corrected chi connectivity index (χ1v) is 8.05. The molecule has 2 heterocycles. The summed E-state index contributed by atoms with van der Waals surface area (Å²) in [6.45, 7) is 5.91. The van der Waals surface area contributed by atoms with Gasteiger partial charge in [-0.15, -0.1) is 11.3 Å². The summed E-state index contributed by atoms with van der Waals surface area (Å²) < 4.78 is 5.97. The Morgan fingerprint density at radius 1 is 1.40 bits per heavy atom. The maximum atomic E-state index is 5.97. The second-order valence-electron chi connectivity index (χ2n) is 5.44. The lowest BCUT2D eigenvalue weighted by Gasteiger charge is -2.20. The van der Waals surface area contributed by atoms with Crippen molar-refractivity contribution in [3.63, 3.8) is 0 Å². The van der Waals surface area contributed by atoms with E-state index < -0.39 is 0 Å². The lowest BCUT2D eigenvalue weighted by Crippen LogP contribution is -2.13. The van der Waals surface area contributed by atoms with E-state index in [1.807, 2.05) is 6.07 Å². The average Bonchev–Trinajstić information content (AvgIpc) is 2.94. The third-order valence-electron chi connectivity index (χ3n) is 3.48. The summed E-state index contributed by atoms with van der Waals surface area (Å²) >= 11 is 1.71. The summed E-state index contributed by atoms with van der Waals surface area (Å²) in [6, 6.07) is 6.28. The molecule has 0 aliphatic carbocycles. The van der Waals surface area contributed by atoms with Gasteiger partial charge < -0.3 is 10.1 Å². The standard InChI is InChI=1S/C16H20N2OS/c1-11(2)16-18-13(10-20-16)9-19-14-7-3-5-12-6-4-8-17-15(12)14/h3,5,7,10-11,17H,4,6,8-9H2,1-2H3. The minimum absolute atomic E-state index is 0.486. The zero-order valence-corrected chi connectivity index (χ0v) is 12.8. The minimum atomic E-state index is 0.486. The van der Waals surface area contributed by atoms with Crippen LogP contribution in [0.1, 0.15) is 42.5 Å². The van der Waals surface area contributed by atoms with Crippen LogP contribution >= 0.6 is 11.3 Å². The molecule has 0 saturated carbocycles. The number of aryl methyl sites for hydroxylation is 1. The van der Waals surface area contributed by atoms with Gasteiger partial charge in [0.2, 0.25) is 0 Å². The first kappa shape index (κ1) is 13.4. The first-order chi connectivity index (χ1) is 9.74. The van der Waals surface area contributed by atoms with Crippen LogP contribution in [0.4, 0.5) is 5.69 Å². The molecule has 0 amide bonds. The number of fused-ring (bicyclic) bond motifs is 1. The van der Waals surface area contributed by atoms with Crippen molar-refractivity contribution in [2.45, 2.75) is 39.2 Å². The number of anilines is 1. The van der Waals surface area contributed by atoms with Crippen molar-refractivity contribution < 1.29 is 4.74 Å². The maximum Gasteiger partial charge on any atom is 0.143 e. The van der Waals surface area contributed by atoms with Crippen LogP contribution in [0.25, 0.3) is 0 Å². The van der Waals surface area contributed by atoms with E-state index in [1.54, 1.807) is 11.3 Å². The van der Waals surface area contributed by atoms with Crippen molar-refractivity contribution >= 4 is 17.0 Å². The van der Waals surface area contributed by atoms with Crippen molar-refractivity contribution in [2.24, 2.45) is 0 Å². The van der Waals surface area contributed by atoms with Crippen LogP contribution in [0.3, 0.4) is 0 Å². The highest BCUT2D eigenvalue weighted by Crippen LogP contribution is 2.32. The first-order valence-electron chi connectivity index (χ1n) is 7.17. The van der Waals surface area contributed by atoms with Crippen LogP contribution in [0.15, 0.2) is 23.6 Å². The van der Waals surface area contributed by atoms with Crippen molar-refractivity contribution in [3.8, 4) is 5.75 Å². The number of para-hydroxylation sites is 1. The van der Waals surface area contributed by atoms with Crippen LogP contribution < -0.4 is 10.1 Å². The minimum Gasteiger partial charge on any atom is -0.485 e. The number of nitrogens with one attached hydrogen (secondary N) is 1. The van der Waals surface area contributed by atoms with Crippen molar-refractivity contribution in [3.05, 3.63) is 39.8 Å². The molecular formula is C16H20N2OS. The van der Waals surface area contributed by atoms with E-state index in [9.17, 15) is 0 Å². The van der Waals surface area contributed by atoms with Crippen molar-refractivity contribution in [1.82, 2.24) is 4.98 Å². The Kier molecular flexibility index (Phi) is 3.92. The van der Waals surface area contributed by atoms with Gasteiger partial charge in [-0.3, -0.25) is 0 Å². The lowest BCUT2D eigenvalue weighted by molar-refractivity contribution is 0.302. The Hall–Kier alpha value is -1.55. The molecule has 0 bridgehead atoms. The Bertz CT molecular complexity index is 592. The Morgan fingerprint density at radius 2 is 2.30 bits per heavy atom. The van der Waals surface area contributed by atoms with E-state index in [1.165, 1.54) is 17.0 Å². The maximum absolute atomic E-state index is 5.97. The van der Waals surface area contributed by atoms with E-state index in [4.69, 9.17) is 4.74 Å². The second kappa shape index (κ2) is 5.83. The van der Waals surface area contributed by atoms with Crippen LogP contribution in [0.5, 0.6) is 5.75 Å². The fourth-order valence-corrected chi connectivity index (χ4v) is 3.22. The number of nitrogens with zero attached hydrogens (tertiary/aromatic N) is 1. The van der Waals surface area contributed by atoms with Gasteiger partial charge in [0.15, 0.2) is 0 Å². The molecule has 1 aliphatic heterocycles. The van der Waals surface area contributed by atoms with Gasteiger partial charge in [0.25, 0.3) is 0 Å². The van der Waals surface area contributed by atoms with Crippen LogP contribution in [-0.2, 0) is 13.0 Å². The Morgan fingerprint density at radius 3 is 3.10 bits per heavy atom. The topological polar surface area (TPSA) is 34.1 Å². The normalized spacial score (nSPS) is 13.9. The number of benzene rings is 1. The number of hydrogen-bond donors (Lipinski definition) is 1. The van der Waals surface area contributed by atoms with E-state index in [0.29, 0.717) is 12.5 Å². The molecule has 4 heteroatoms. The van der Waals surface area contributed by atoms with E-state index in [2.05, 4.69) is 41.7 Å². The van der Waals surface area contributed by atoms with E-state index in [-0.39, 0.29) is 0 Å². The van der Waals surface area contributed by atoms with Crippen LogP contribution in [0.2, 0.25) is 0 Å². The molecule has 0 spiro atoms. The molecule has 20 heavy (non-hydrogen) atoms. The molecular weight excluding hydrogens is 268 g/mol. The summed E-state index contributed by atoms with van der Waals surface area (Å²) in [5.74, 6) is 1.43. The van der Waals surface area contributed by atoms with Gasteiger partial charge in [-0.2, -0.15) is 0 Å². The largest absolute Gasteiger partial charge is 0.485 e. The van der Waals surface area contributed by atoms with Gasteiger partial charge in [0, 0.05) is 17.8 Å². The highest BCUT2D eigenvalue weighted by atomic mass is 32.1. The van der Waals surface area contributed by atoms with Gasteiger partial charge in [0.1, 0.15) is 12.4 Å². The summed E-state index contributed by atoms with van der Waals surface area (Å²) in [4.78, 5) is 4.61. The smallest absolute Gasteiger partial charge is 0.143 e. The molecule has 0 saturated heterocycles. The summed E-state index contributed by atoms with van der Waals surface area (Å²) in [5, 5.41) is 6.72. The highest BCUT2D eigenvalue weighted by Gasteiger charge is 2.14. The molecule has 0 fully saturated rings. The Labute approximate surface area is 124 Å². The van der Waals surface area contributed by atoms with Gasteiger partial charge in [-0.25, -0.2) is 4.98 Å². The number of hydrogen-bond acceptors (Lipinski definition) is 4. The van der Waals surface area contributed by atoms with Crippen LogP contribution in [0, 0.1) is 0 Å². The second-order valence-corrected chi connectivity index (χ2v) is 6.33. The number of aromatic nitrogens is 1. The fraction of sp³-hybridized carbons (Fsp3) is 0.438. The SMILES string of the molecule is CC(C)c1nc(COc2cccc3c2NCCC3)cs1. The average molecular weight is 288 g/mol. The predicted octanol–water partition coefficient (Wildman–Crippen LogP) is 4.20. The predicted molar refractivity (Wildman–Crippen MR) is 83.8 cm³/mol. The zero-order chi connectivity index (χ0) is 13.9. The number of rotatable bonds is 4. The molecule has 0 radical (unpaired) electrons. The highest BCUT2D eigenvalue weighted by molar-refractivity contribution is 7.09. The summed E-state index contributed by atoms with van der Waals surface area (Å²) in [5.41, 5.74) is 3.54. The molecule has 1 aliphatic rings. The van der Waals surface area contributed by atoms with Gasteiger partial charge >= 0.3 is 0 Å². The van der Waals surface area contributed by atoms with E-state index >= 15 is 0 Å². The zero-order valence-electron chi connectivity index (χ0n) is 12.0. The van der Waals surface area contributed by atoms with Gasteiger partial charge in [-0.05, 0) is 24.5 Å². The van der Waals surface area contributed by atoms with Gasteiger partial charge in [-0.1, -0.05) is 26.0 Å². The molecule has 1 N–H and O–H groups in total.